The smallest absolute Gasteiger partial charge is 0.0625 e. The van der Waals surface area contributed by atoms with Crippen LogP contribution in [0.1, 0.15) is 13.3 Å². The molecule has 0 aromatic rings. The van der Waals surface area contributed by atoms with Gasteiger partial charge in [0.15, 0.2) is 0 Å². The Morgan fingerprint density at radius 1 is 1.43 bits per heavy atom. The van der Waals surface area contributed by atoms with Crippen molar-refractivity contribution in [1.29, 1.82) is 0 Å². The van der Waals surface area contributed by atoms with Gasteiger partial charge in [-0.15, -0.1) is 0 Å². The third kappa shape index (κ3) is 1.26. The monoisotopic (exact) mass is 98.1 g/mol. The summed E-state index contributed by atoms with van der Waals surface area (Å²) in [5.74, 6) is 0.775. The standard InChI is InChI=1S/C5H10N2/c1-5-2-3-6-7-4-5/h5H,2-4H2,1H3/t5-/m0/s1. The average molecular weight is 98.1 g/mol. The maximum atomic E-state index is 3.88. The highest BCUT2D eigenvalue weighted by Crippen LogP contribution is 2.06. The normalized spacial score (nSPS) is 30.7. The Bertz CT molecular complexity index is 78.1. The van der Waals surface area contributed by atoms with Crippen LogP contribution in [-0.4, -0.2) is 13.1 Å². The SMILES string of the molecule is C[C@H]1CCN=NC1. The fraction of sp³-hybridized carbons (Fsp3) is 1.00. The molecule has 0 fully saturated rings. The maximum Gasteiger partial charge on any atom is 0.0625 e. The molecule has 2 heteroatoms. The van der Waals surface area contributed by atoms with Gasteiger partial charge in [0.25, 0.3) is 0 Å². The molecule has 0 unspecified atom stereocenters. The molecule has 0 aromatic carbocycles. The second kappa shape index (κ2) is 2.05. The Morgan fingerprint density at radius 2 is 2.29 bits per heavy atom. The van der Waals surface area contributed by atoms with Gasteiger partial charge in [0.05, 0.1) is 13.1 Å². The summed E-state index contributed by atoms with van der Waals surface area (Å²) in [7, 11) is 0. The predicted octanol–water partition coefficient (Wildman–Crippen LogP) is 1.48. The van der Waals surface area contributed by atoms with Gasteiger partial charge in [-0.2, -0.15) is 10.2 Å². The molecule has 0 amide bonds. The van der Waals surface area contributed by atoms with Gasteiger partial charge in [0, 0.05) is 0 Å². The molecule has 0 spiro atoms. The molecule has 40 valence electrons. The summed E-state index contributed by atoms with van der Waals surface area (Å²) >= 11 is 0. The van der Waals surface area contributed by atoms with E-state index in [9.17, 15) is 0 Å². The molecule has 0 aromatic heterocycles. The van der Waals surface area contributed by atoms with E-state index < -0.39 is 0 Å². The second-order valence-electron chi connectivity index (χ2n) is 2.08. The Labute approximate surface area is 43.6 Å². The quantitative estimate of drug-likeness (QED) is 0.438. The molecule has 0 aliphatic carbocycles. The van der Waals surface area contributed by atoms with Crippen molar-refractivity contribution in [1.82, 2.24) is 0 Å². The highest BCUT2D eigenvalue weighted by atomic mass is 15.1. The molecule has 0 saturated heterocycles. The van der Waals surface area contributed by atoms with Crippen LogP contribution in [0.2, 0.25) is 0 Å². The largest absolute Gasteiger partial charge is 0.194 e. The number of hydrogen-bond acceptors (Lipinski definition) is 2. The summed E-state index contributed by atoms with van der Waals surface area (Å²) in [6.07, 6.45) is 1.23. The van der Waals surface area contributed by atoms with Gasteiger partial charge in [-0.05, 0) is 12.3 Å². The van der Waals surface area contributed by atoms with Crippen LogP contribution < -0.4 is 0 Å². The van der Waals surface area contributed by atoms with Crippen molar-refractivity contribution < 1.29 is 0 Å². The van der Waals surface area contributed by atoms with Gasteiger partial charge >= 0.3 is 0 Å². The number of rotatable bonds is 0. The third-order valence-corrected chi connectivity index (χ3v) is 1.22. The molecule has 1 aliphatic rings. The van der Waals surface area contributed by atoms with E-state index in [2.05, 4.69) is 17.2 Å². The summed E-state index contributed by atoms with van der Waals surface area (Å²) in [6, 6.07) is 0. The fourth-order valence-electron chi connectivity index (χ4n) is 0.637. The topological polar surface area (TPSA) is 24.7 Å². The van der Waals surface area contributed by atoms with Crippen LogP contribution in [0.15, 0.2) is 10.2 Å². The van der Waals surface area contributed by atoms with Crippen molar-refractivity contribution in [2.75, 3.05) is 13.1 Å². The molecule has 0 saturated carbocycles. The minimum Gasteiger partial charge on any atom is -0.194 e. The first-order chi connectivity index (χ1) is 3.39. The zero-order chi connectivity index (χ0) is 5.11. The second-order valence-corrected chi connectivity index (χ2v) is 2.08. The van der Waals surface area contributed by atoms with Crippen molar-refractivity contribution in [3.05, 3.63) is 0 Å². The maximum absolute atomic E-state index is 3.88. The minimum absolute atomic E-state index is 0.775. The van der Waals surface area contributed by atoms with E-state index in [4.69, 9.17) is 0 Å². The predicted molar refractivity (Wildman–Crippen MR) is 28.4 cm³/mol. The van der Waals surface area contributed by atoms with Gasteiger partial charge in [-0.3, -0.25) is 0 Å². The molecule has 1 heterocycles. The molecule has 0 bridgehead atoms. The molecular weight excluding hydrogens is 88.1 g/mol. The van der Waals surface area contributed by atoms with Crippen molar-refractivity contribution in [2.45, 2.75) is 13.3 Å². The van der Waals surface area contributed by atoms with E-state index in [0.717, 1.165) is 19.0 Å². The summed E-state index contributed by atoms with van der Waals surface area (Å²) < 4.78 is 0. The van der Waals surface area contributed by atoms with Crippen LogP contribution >= 0.6 is 0 Å². The average Bonchev–Trinajstić information content (AvgIpc) is 1.69. The van der Waals surface area contributed by atoms with Crippen LogP contribution in [0, 0.1) is 5.92 Å². The lowest BCUT2D eigenvalue weighted by Gasteiger charge is -2.08. The van der Waals surface area contributed by atoms with Gasteiger partial charge in [0.2, 0.25) is 0 Å². The molecule has 0 N–H and O–H groups in total. The lowest BCUT2D eigenvalue weighted by atomic mass is 10.1. The number of hydrogen-bond donors (Lipinski definition) is 0. The van der Waals surface area contributed by atoms with Crippen LogP contribution in [0.4, 0.5) is 0 Å². The molecule has 1 rings (SSSR count). The summed E-state index contributed by atoms with van der Waals surface area (Å²) in [5, 5.41) is 7.74. The van der Waals surface area contributed by atoms with E-state index >= 15 is 0 Å². The minimum atomic E-state index is 0.775. The van der Waals surface area contributed by atoms with Crippen LogP contribution in [-0.2, 0) is 0 Å². The zero-order valence-electron chi connectivity index (χ0n) is 4.59. The summed E-state index contributed by atoms with van der Waals surface area (Å²) in [6.45, 7) is 4.10. The third-order valence-electron chi connectivity index (χ3n) is 1.22. The van der Waals surface area contributed by atoms with Crippen molar-refractivity contribution in [3.63, 3.8) is 0 Å². The lowest BCUT2D eigenvalue weighted by Crippen LogP contribution is -2.04. The first kappa shape index (κ1) is 4.75. The first-order valence-electron chi connectivity index (χ1n) is 2.73. The van der Waals surface area contributed by atoms with Gasteiger partial charge < -0.3 is 0 Å². The molecule has 2 nitrogen and oxygen atoms in total. The van der Waals surface area contributed by atoms with E-state index in [1.807, 2.05) is 0 Å². The molecule has 0 radical (unpaired) electrons. The number of nitrogens with zero attached hydrogens (tertiary/aromatic N) is 2. The Hall–Kier alpha value is -0.400. The van der Waals surface area contributed by atoms with E-state index in [0.29, 0.717) is 0 Å². The molecular formula is C5H10N2. The summed E-state index contributed by atoms with van der Waals surface area (Å²) in [4.78, 5) is 0. The van der Waals surface area contributed by atoms with Crippen LogP contribution in [0.5, 0.6) is 0 Å². The van der Waals surface area contributed by atoms with Crippen molar-refractivity contribution in [2.24, 2.45) is 16.1 Å². The molecule has 7 heavy (non-hydrogen) atoms. The van der Waals surface area contributed by atoms with Crippen LogP contribution in [0.3, 0.4) is 0 Å². The van der Waals surface area contributed by atoms with E-state index in [-0.39, 0.29) is 0 Å². The molecule has 1 aliphatic heterocycles. The van der Waals surface area contributed by atoms with E-state index in [1.54, 1.807) is 0 Å². The van der Waals surface area contributed by atoms with E-state index in [1.165, 1.54) is 6.42 Å². The van der Waals surface area contributed by atoms with Gasteiger partial charge in [0.1, 0.15) is 0 Å². The van der Waals surface area contributed by atoms with Crippen molar-refractivity contribution >= 4 is 0 Å². The lowest BCUT2D eigenvalue weighted by molar-refractivity contribution is 0.493. The van der Waals surface area contributed by atoms with Gasteiger partial charge in [-0.1, -0.05) is 6.92 Å². The Balaban J connectivity index is 2.32. The summed E-state index contributed by atoms with van der Waals surface area (Å²) in [5.41, 5.74) is 0. The highest BCUT2D eigenvalue weighted by molar-refractivity contribution is 4.60. The first-order valence-corrected chi connectivity index (χ1v) is 2.73. The Morgan fingerprint density at radius 3 is 2.57 bits per heavy atom. The number of azo groups is 1. The van der Waals surface area contributed by atoms with Gasteiger partial charge in [-0.25, -0.2) is 0 Å². The highest BCUT2D eigenvalue weighted by Gasteiger charge is 2.02. The van der Waals surface area contributed by atoms with Crippen molar-refractivity contribution in [3.8, 4) is 0 Å². The van der Waals surface area contributed by atoms with Crippen LogP contribution in [0.25, 0.3) is 0 Å². The Kier molecular flexibility index (Phi) is 1.39. The fourth-order valence-corrected chi connectivity index (χ4v) is 0.637. The zero-order valence-corrected chi connectivity index (χ0v) is 4.59. The molecule has 1 atom stereocenters.